The Labute approximate surface area is 348 Å². The van der Waals surface area contributed by atoms with Crippen molar-refractivity contribution >= 4 is 57.5 Å². The van der Waals surface area contributed by atoms with Crippen LogP contribution in [0.5, 0.6) is 0 Å². The Morgan fingerprint density at radius 1 is 0.690 bits per heavy atom. The summed E-state index contributed by atoms with van der Waals surface area (Å²) < 4.78 is 0. The number of hydrogen-bond donors (Lipinski definition) is 0. The van der Waals surface area contributed by atoms with Crippen molar-refractivity contribution in [2.45, 2.75) is 123 Å². The molecular weight excluding hydrogens is 701 g/mol. The summed E-state index contributed by atoms with van der Waals surface area (Å²) in [6.45, 7) is 23.9. The molecule has 3 atom stereocenters. The normalized spacial score (nSPS) is 23.1. The number of aryl methyl sites for hydroxylation is 1. The van der Waals surface area contributed by atoms with E-state index in [0.29, 0.717) is 5.92 Å². The fourth-order valence-electron chi connectivity index (χ4n) is 11.6. The van der Waals surface area contributed by atoms with Gasteiger partial charge < -0.3 is 14.7 Å². The number of rotatable bonds is 4. The van der Waals surface area contributed by atoms with E-state index in [1.807, 2.05) is 0 Å². The van der Waals surface area contributed by atoms with Gasteiger partial charge >= 0.3 is 0 Å². The Morgan fingerprint density at radius 3 is 1.95 bits per heavy atom. The average Bonchev–Trinajstić information content (AvgIpc) is 3.41. The molecule has 5 aromatic rings. The van der Waals surface area contributed by atoms with Crippen molar-refractivity contribution in [2.75, 3.05) is 14.7 Å². The zero-order valence-corrected chi connectivity index (χ0v) is 36.5. The first kappa shape index (κ1) is 37.3. The minimum atomic E-state index is -0.0492. The second kappa shape index (κ2) is 12.8. The maximum Gasteiger partial charge on any atom is 0.251 e. The molecule has 3 nitrogen and oxygen atoms in total. The molecule has 0 amide bonds. The Bertz CT molecular complexity index is 2470. The zero-order chi connectivity index (χ0) is 40.5. The molecule has 5 aromatic carbocycles. The summed E-state index contributed by atoms with van der Waals surface area (Å²) in [4.78, 5) is 8.10. The highest BCUT2D eigenvalue weighted by Gasteiger charge is 2.61. The van der Waals surface area contributed by atoms with Crippen molar-refractivity contribution < 1.29 is 0 Å². The van der Waals surface area contributed by atoms with Crippen molar-refractivity contribution in [3.8, 4) is 0 Å². The van der Waals surface area contributed by atoms with E-state index in [4.69, 9.17) is 0 Å². The highest BCUT2D eigenvalue weighted by atomic mass is 15.3. The van der Waals surface area contributed by atoms with Crippen molar-refractivity contribution in [1.82, 2.24) is 0 Å². The maximum absolute atomic E-state index is 2.87. The first-order valence-corrected chi connectivity index (χ1v) is 22.0. The Kier molecular flexibility index (Phi) is 8.22. The molecule has 10 rings (SSSR count). The molecule has 4 heteroatoms. The monoisotopic (exact) mass is 761 g/mol. The van der Waals surface area contributed by atoms with Crippen molar-refractivity contribution in [3.63, 3.8) is 0 Å². The summed E-state index contributed by atoms with van der Waals surface area (Å²) in [6, 6.07) is 40.3. The van der Waals surface area contributed by atoms with Crippen molar-refractivity contribution in [3.05, 3.63) is 149 Å². The minimum absolute atomic E-state index is 0.0492. The summed E-state index contributed by atoms with van der Waals surface area (Å²) >= 11 is 0. The molecule has 0 aromatic heterocycles. The molecule has 2 aliphatic carbocycles. The molecule has 3 heterocycles. The Morgan fingerprint density at radius 2 is 1.31 bits per heavy atom. The van der Waals surface area contributed by atoms with Gasteiger partial charge in [0.2, 0.25) is 0 Å². The number of hydrogen-bond acceptors (Lipinski definition) is 3. The number of allylic oxidation sites excluding steroid dienone is 4. The van der Waals surface area contributed by atoms with Crippen LogP contribution < -0.4 is 25.6 Å². The van der Waals surface area contributed by atoms with Crippen LogP contribution in [0.2, 0.25) is 0 Å². The van der Waals surface area contributed by atoms with Crippen LogP contribution in [0.3, 0.4) is 0 Å². The van der Waals surface area contributed by atoms with Crippen LogP contribution in [-0.4, -0.2) is 12.3 Å². The summed E-state index contributed by atoms with van der Waals surface area (Å²) in [5.41, 5.74) is 20.6. The fraction of sp³-hybridized carbons (Fsp3) is 0.370. The smallest absolute Gasteiger partial charge is 0.251 e. The number of fused-ring (bicyclic) bond motifs is 6. The lowest BCUT2D eigenvalue weighted by molar-refractivity contribution is 0.195. The predicted octanol–water partition coefficient (Wildman–Crippen LogP) is 13.3. The molecule has 0 bridgehead atoms. The Hall–Kier alpha value is -4.96. The first-order valence-electron chi connectivity index (χ1n) is 22.0. The van der Waals surface area contributed by atoms with Crippen molar-refractivity contribution in [2.24, 2.45) is 5.92 Å². The average molecular weight is 762 g/mol. The molecule has 3 unspecified atom stereocenters. The lowest BCUT2D eigenvalue weighted by atomic mass is 9.32. The maximum atomic E-state index is 2.87. The third-order valence-electron chi connectivity index (χ3n) is 15.1. The van der Waals surface area contributed by atoms with Crippen LogP contribution in [0.1, 0.15) is 117 Å². The van der Waals surface area contributed by atoms with Crippen LogP contribution in [0.4, 0.5) is 39.8 Å². The second-order valence-corrected chi connectivity index (χ2v) is 20.7. The molecule has 0 radical (unpaired) electrons. The molecule has 294 valence electrons. The topological polar surface area (TPSA) is 9.72 Å². The van der Waals surface area contributed by atoms with Crippen LogP contribution in [0, 0.1) is 12.8 Å². The number of anilines is 7. The third kappa shape index (κ3) is 5.25. The minimum Gasteiger partial charge on any atom is -0.335 e. The molecule has 1 fully saturated rings. The zero-order valence-electron chi connectivity index (χ0n) is 36.5. The highest BCUT2D eigenvalue weighted by molar-refractivity contribution is 6.95. The van der Waals surface area contributed by atoms with Gasteiger partial charge in [0.1, 0.15) is 0 Å². The molecule has 3 aliphatic heterocycles. The van der Waals surface area contributed by atoms with E-state index in [1.165, 1.54) is 104 Å². The Balaban J connectivity index is 1.31. The predicted molar refractivity (Wildman–Crippen MR) is 250 cm³/mol. The van der Waals surface area contributed by atoms with Gasteiger partial charge in [-0.05, 0) is 131 Å². The van der Waals surface area contributed by atoms with Gasteiger partial charge in [-0.25, -0.2) is 0 Å². The van der Waals surface area contributed by atoms with E-state index >= 15 is 0 Å². The number of nitrogens with zero attached hydrogens (tertiary/aromatic N) is 3. The van der Waals surface area contributed by atoms with Gasteiger partial charge in [0, 0.05) is 45.2 Å². The molecule has 58 heavy (non-hydrogen) atoms. The van der Waals surface area contributed by atoms with Gasteiger partial charge in [-0.15, -0.1) is 0 Å². The van der Waals surface area contributed by atoms with Crippen molar-refractivity contribution in [1.29, 1.82) is 0 Å². The third-order valence-corrected chi connectivity index (χ3v) is 15.1. The largest absolute Gasteiger partial charge is 0.335 e. The molecule has 0 spiro atoms. The van der Waals surface area contributed by atoms with E-state index in [0.717, 1.165) is 6.42 Å². The van der Waals surface area contributed by atoms with Gasteiger partial charge in [-0.3, -0.25) is 0 Å². The summed E-state index contributed by atoms with van der Waals surface area (Å²) in [5.74, 6) is 0.373. The van der Waals surface area contributed by atoms with E-state index in [9.17, 15) is 0 Å². The lowest BCUT2D eigenvalue weighted by Gasteiger charge is -2.53. The SMILES string of the molecule is Cc1ccccc1N1C2=C(C=CCC2C)B2c3cccc4c3N(c3cc(N(c5ccc(C(C)(C)C)cc5)c5ccc(C(C)(C)C)cc5)cc1c32)C1(C)CCCCC41C. The molecule has 0 N–H and O–H groups in total. The summed E-state index contributed by atoms with van der Waals surface area (Å²) in [7, 11) is 0. The van der Waals surface area contributed by atoms with Gasteiger partial charge in [0.05, 0.1) is 11.2 Å². The van der Waals surface area contributed by atoms with Crippen LogP contribution in [0.15, 0.2) is 126 Å². The molecule has 0 saturated heterocycles. The molecule has 5 aliphatic rings. The van der Waals surface area contributed by atoms with E-state index < -0.39 is 0 Å². The quantitative estimate of drug-likeness (QED) is 0.169. The summed E-state index contributed by atoms with van der Waals surface area (Å²) in [5, 5.41) is 0. The molecular formula is C54H60BN3. The van der Waals surface area contributed by atoms with Gasteiger partial charge in [-0.1, -0.05) is 141 Å². The van der Waals surface area contributed by atoms with Crippen LogP contribution in [0.25, 0.3) is 0 Å². The summed E-state index contributed by atoms with van der Waals surface area (Å²) in [6.07, 6.45) is 10.9. The lowest BCUT2D eigenvalue weighted by Crippen LogP contribution is -2.61. The van der Waals surface area contributed by atoms with E-state index in [1.54, 1.807) is 5.56 Å². The number of benzene rings is 5. The highest BCUT2D eigenvalue weighted by Crippen LogP contribution is 2.62. The van der Waals surface area contributed by atoms with Gasteiger partial charge in [-0.2, -0.15) is 0 Å². The van der Waals surface area contributed by atoms with Gasteiger partial charge in [0.25, 0.3) is 6.71 Å². The standard InChI is InChI=1S/C54H60BN3/c1-35-17-11-12-22-45(35)57-46-33-41(56(39-27-23-37(24-28-39)51(3,4)5)40-29-25-38(26-30-40)52(6,7)8)34-47-48(46)55(43-20-15-18-36(2)49(43)57)44-21-16-19-42-50(44)58(47)54(10)32-14-13-31-53(42,54)9/h11-12,15-17,19-30,33-34,36H,13-14,18,31-32H2,1-10H3. The first-order chi connectivity index (χ1) is 27.6. The van der Waals surface area contributed by atoms with Gasteiger partial charge in [0.15, 0.2) is 0 Å². The van der Waals surface area contributed by atoms with E-state index in [2.05, 4.69) is 199 Å². The van der Waals surface area contributed by atoms with E-state index in [-0.39, 0.29) is 28.5 Å². The fourth-order valence-corrected chi connectivity index (χ4v) is 11.6. The van der Waals surface area contributed by atoms with Crippen LogP contribution >= 0.6 is 0 Å². The second-order valence-electron chi connectivity index (χ2n) is 20.7. The molecule has 1 saturated carbocycles. The number of para-hydroxylation sites is 2. The van der Waals surface area contributed by atoms with Crippen LogP contribution in [-0.2, 0) is 16.2 Å².